The van der Waals surface area contributed by atoms with Gasteiger partial charge in [-0.3, -0.25) is 0 Å². The second kappa shape index (κ2) is 5.86. The first-order valence-corrected chi connectivity index (χ1v) is 6.84. The second-order valence-electron chi connectivity index (χ2n) is 5.30. The summed E-state index contributed by atoms with van der Waals surface area (Å²) in [5.74, 6) is 1.06. The number of piperazine rings is 1. The van der Waals surface area contributed by atoms with Gasteiger partial charge in [0.05, 0.1) is 0 Å². The number of rotatable bonds is 4. The first-order chi connectivity index (χ1) is 7.38. The van der Waals surface area contributed by atoms with Gasteiger partial charge >= 0.3 is 0 Å². The van der Waals surface area contributed by atoms with Gasteiger partial charge in [-0.05, 0) is 25.3 Å². The van der Waals surface area contributed by atoms with Crippen LogP contribution in [0.15, 0.2) is 0 Å². The van der Waals surface area contributed by atoms with Crippen molar-refractivity contribution in [1.29, 1.82) is 0 Å². The first kappa shape index (κ1) is 11.4. The summed E-state index contributed by atoms with van der Waals surface area (Å²) in [6.45, 7) is 7.39. The summed E-state index contributed by atoms with van der Waals surface area (Å²) in [5.41, 5.74) is 0. The van der Waals surface area contributed by atoms with Crippen LogP contribution >= 0.6 is 0 Å². The van der Waals surface area contributed by atoms with E-state index in [1.165, 1.54) is 64.7 Å². The molecule has 2 heteroatoms. The number of hydrogen-bond acceptors (Lipinski definition) is 2. The highest BCUT2D eigenvalue weighted by atomic mass is 15.2. The molecule has 0 radical (unpaired) electrons. The molecule has 0 aromatic carbocycles. The lowest BCUT2D eigenvalue weighted by atomic mass is 10.0. The molecule has 0 amide bonds. The molecule has 0 spiro atoms. The predicted molar refractivity (Wildman–Crippen MR) is 65.1 cm³/mol. The normalized spacial score (nSPS) is 29.8. The maximum Gasteiger partial charge on any atom is 0.0192 e. The van der Waals surface area contributed by atoms with Gasteiger partial charge in [-0.15, -0.1) is 0 Å². The zero-order valence-electron chi connectivity index (χ0n) is 10.2. The molecule has 2 nitrogen and oxygen atoms in total. The summed E-state index contributed by atoms with van der Waals surface area (Å²) in [5, 5.41) is 3.59. The van der Waals surface area contributed by atoms with Crippen molar-refractivity contribution in [2.45, 2.75) is 51.5 Å². The third-order valence-electron chi connectivity index (χ3n) is 4.16. The average molecular weight is 210 g/mol. The van der Waals surface area contributed by atoms with Gasteiger partial charge in [0.1, 0.15) is 0 Å². The highest BCUT2D eigenvalue weighted by Crippen LogP contribution is 2.27. The van der Waals surface area contributed by atoms with Crippen LogP contribution in [-0.4, -0.2) is 37.1 Å². The van der Waals surface area contributed by atoms with Crippen LogP contribution < -0.4 is 5.32 Å². The largest absolute Gasteiger partial charge is 0.311 e. The van der Waals surface area contributed by atoms with E-state index in [2.05, 4.69) is 17.1 Å². The van der Waals surface area contributed by atoms with Crippen LogP contribution in [0.5, 0.6) is 0 Å². The van der Waals surface area contributed by atoms with E-state index in [4.69, 9.17) is 0 Å². The Kier molecular flexibility index (Phi) is 4.45. The molecule has 1 saturated carbocycles. The zero-order valence-corrected chi connectivity index (χ0v) is 10.2. The molecule has 1 aliphatic carbocycles. The highest BCUT2D eigenvalue weighted by molar-refractivity contribution is 4.78. The minimum atomic E-state index is 0.752. The van der Waals surface area contributed by atoms with E-state index in [-0.39, 0.29) is 0 Å². The topological polar surface area (TPSA) is 15.3 Å². The first-order valence-electron chi connectivity index (χ1n) is 6.84. The summed E-state index contributed by atoms with van der Waals surface area (Å²) >= 11 is 0. The van der Waals surface area contributed by atoms with Gasteiger partial charge in [0.2, 0.25) is 0 Å². The maximum atomic E-state index is 3.59. The third-order valence-corrected chi connectivity index (χ3v) is 4.16. The standard InChI is InChI=1S/C13H26N2/c1-2-13-11-15(10-8-14-13)9-7-12-5-3-4-6-12/h12-14H,2-11H2,1H3. The SMILES string of the molecule is CCC1CN(CCC2CCCC2)CCN1. The molecule has 0 aromatic heterocycles. The van der Waals surface area contributed by atoms with Crippen molar-refractivity contribution in [3.05, 3.63) is 0 Å². The molecule has 1 N–H and O–H groups in total. The number of nitrogens with one attached hydrogen (secondary N) is 1. The molecule has 15 heavy (non-hydrogen) atoms. The fourth-order valence-corrected chi connectivity index (χ4v) is 3.04. The number of nitrogens with zero attached hydrogens (tertiary/aromatic N) is 1. The summed E-state index contributed by atoms with van der Waals surface area (Å²) in [6.07, 6.45) is 8.72. The lowest BCUT2D eigenvalue weighted by molar-refractivity contribution is 0.185. The molecule has 1 heterocycles. The van der Waals surface area contributed by atoms with Crippen molar-refractivity contribution in [2.24, 2.45) is 5.92 Å². The van der Waals surface area contributed by atoms with Gasteiger partial charge in [0, 0.05) is 25.7 Å². The minimum absolute atomic E-state index is 0.752. The molecule has 2 fully saturated rings. The van der Waals surface area contributed by atoms with Crippen LogP contribution in [0.2, 0.25) is 0 Å². The lowest BCUT2D eigenvalue weighted by Crippen LogP contribution is -2.50. The van der Waals surface area contributed by atoms with Gasteiger partial charge in [-0.2, -0.15) is 0 Å². The van der Waals surface area contributed by atoms with Crippen LogP contribution in [-0.2, 0) is 0 Å². The second-order valence-corrected chi connectivity index (χ2v) is 5.30. The molecule has 2 rings (SSSR count). The lowest BCUT2D eigenvalue weighted by Gasteiger charge is -2.33. The molecule has 1 aliphatic heterocycles. The van der Waals surface area contributed by atoms with Crippen LogP contribution in [0.1, 0.15) is 45.4 Å². The average Bonchev–Trinajstić information content (AvgIpc) is 2.79. The molecule has 0 bridgehead atoms. The third kappa shape index (κ3) is 3.46. The molecule has 2 aliphatic rings. The maximum absolute atomic E-state index is 3.59. The molecule has 0 aromatic rings. The summed E-state index contributed by atoms with van der Waals surface area (Å²) in [6, 6.07) is 0.752. The predicted octanol–water partition coefficient (Wildman–Crippen LogP) is 2.25. The van der Waals surface area contributed by atoms with Crippen LogP contribution in [0.25, 0.3) is 0 Å². The van der Waals surface area contributed by atoms with E-state index in [9.17, 15) is 0 Å². The van der Waals surface area contributed by atoms with E-state index in [1.807, 2.05) is 0 Å². The van der Waals surface area contributed by atoms with Crippen molar-refractivity contribution < 1.29 is 0 Å². The molecular formula is C13H26N2. The Bertz CT molecular complexity index is 175. The van der Waals surface area contributed by atoms with E-state index < -0.39 is 0 Å². The Hall–Kier alpha value is -0.0800. The van der Waals surface area contributed by atoms with Crippen molar-refractivity contribution in [3.8, 4) is 0 Å². The fraction of sp³-hybridized carbons (Fsp3) is 1.00. The van der Waals surface area contributed by atoms with Crippen molar-refractivity contribution in [1.82, 2.24) is 10.2 Å². The van der Waals surface area contributed by atoms with Gasteiger partial charge in [-0.1, -0.05) is 32.6 Å². The van der Waals surface area contributed by atoms with E-state index in [0.29, 0.717) is 0 Å². The van der Waals surface area contributed by atoms with Crippen LogP contribution in [0.3, 0.4) is 0 Å². The summed E-state index contributed by atoms with van der Waals surface area (Å²) < 4.78 is 0. The Morgan fingerprint density at radius 2 is 2.07 bits per heavy atom. The quantitative estimate of drug-likeness (QED) is 0.765. The fourth-order valence-electron chi connectivity index (χ4n) is 3.04. The number of hydrogen-bond donors (Lipinski definition) is 1. The van der Waals surface area contributed by atoms with E-state index in [0.717, 1.165) is 12.0 Å². The molecular weight excluding hydrogens is 184 g/mol. The highest BCUT2D eigenvalue weighted by Gasteiger charge is 2.20. The van der Waals surface area contributed by atoms with Gasteiger partial charge < -0.3 is 10.2 Å². The van der Waals surface area contributed by atoms with Gasteiger partial charge in [-0.25, -0.2) is 0 Å². The Balaban J connectivity index is 1.65. The molecule has 1 saturated heterocycles. The Morgan fingerprint density at radius 1 is 1.27 bits per heavy atom. The Morgan fingerprint density at radius 3 is 2.80 bits per heavy atom. The van der Waals surface area contributed by atoms with Crippen LogP contribution in [0.4, 0.5) is 0 Å². The Labute approximate surface area is 94.4 Å². The van der Waals surface area contributed by atoms with Gasteiger partial charge in [0.15, 0.2) is 0 Å². The molecule has 1 unspecified atom stereocenters. The summed E-state index contributed by atoms with van der Waals surface area (Å²) in [7, 11) is 0. The smallest absolute Gasteiger partial charge is 0.0192 e. The van der Waals surface area contributed by atoms with Crippen molar-refractivity contribution >= 4 is 0 Å². The summed E-state index contributed by atoms with van der Waals surface area (Å²) in [4.78, 5) is 2.67. The molecule has 88 valence electrons. The van der Waals surface area contributed by atoms with Crippen molar-refractivity contribution in [3.63, 3.8) is 0 Å². The van der Waals surface area contributed by atoms with Crippen LogP contribution in [0, 0.1) is 5.92 Å². The van der Waals surface area contributed by atoms with Gasteiger partial charge in [0.25, 0.3) is 0 Å². The zero-order chi connectivity index (χ0) is 10.5. The van der Waals surface area contributed by atoms with E-state index >= 15 is 0 Å². The van der Waals surface area contributed by atoms with Crippen molar-refractivity contribution in [2.75, 3.05) is 26.2 Å². The van der Waals surface area contributed by atoms with E-state index in [1.54, 1.807) is 0 Å². The minimum Gasteiger partial charge on any atom is -0.311 e. The monoisotopic (exact) mass is 210 g/mol. The molecule has 1 atom stereocenters.